The summed E-state index contributed by atoms with van der Waals surface area (Å²) in [5.41, 5.74) is 0.854. The number of ether oxygens (including phenoxy) is 1. The van der Waals surface area contributed by atoms with E-state index in [2.05, 4.69) is 5.32 Å². The van der Waals surface area contributed by atoms with E-state index < -0.39 is 14.9 Å². The van der Waals surface area contributed by atoms with E-state index in [4.69, 9.17) is 4.74 Å². The number of nitro benzene ring substituents is 1. The van der Waals surface area contributed by atoms with Crippen LogP contribution in [0.3, 0.4) is 0 Å². The van der Waals surface area contributed by atoms with E-state index >= 15 is 0 Å². The van der Waals surface area contributed by atoms with Gasteiger partial charge in [-0.2, -0.15) is 4.31 Å². The monoisotopic (exact) mass is 421 g/mol. The molecule has 0 spiro atoms. The van der Waals surface area contributed by atoms with Gasteiger partial charge in [0.25, 0.3) is 5.69 Å². The molecular formula is C19H20FN3O5S. The maximum Gasteiger partial charge on any atom is 0.270 e. The van der Waals surface area contributed by atoms with Gasteiger partial charge in [-0.25, -0.2) is 12.8 Å². The van der Waals surface area contributed by atoms with Gasteiger partial charge >= 0.3 is 0 Å². The van der Waals surface area contributed by atoms with Gasteiger partial charge in [0.15, 0.2) is 0 Å². The van der Waals surface area contributed by atoms with Crippen molar-refractivity contribution in [2.45, 2.75) is 23.3 Å². The summed E-state index contributed by atoms with van der Waals surface area (Å²) in [6, 6.07) is 10.0. The van der Waals surface area contributed by atoms with Crippen molar-refractivity contribution < 1.29 is 22.5 Å². The number of benzene rings is 2. The van der Waals surface area contributed by atoms with Crippen LogP contribution in [0.2, 0.25) is 0 Å². The average molecular weight is 421 g/mol. The van der Waals surface area contributed by atoms with Crippen molar-refractivity contribution in [1.82, 2.24) is 4.31 Å². The molecule has 0 aromatic heterocycles. The van der Waals surface area contributed by atoms with Gasteiger partial charge in [-0.1, -0.05) is 12.1 Å². The molecule has 8 nitrogen and oxygen atoms in total. The molecule has 10 heteroatoms. The molecule has 1 saturated carbocycles. The van der Waals surface area contributed by atoms with Crippen LogP contribution in [0.1, 0.15) is 17.9 Å². The maximum atomic E-state index is 13.5. The van der Waals surface area contributed by atoms with E-state index in [1.165, 1.54) is 28.6 Å². The lowest BCUT2D eigenvalue weighted by molar-refractivity contribution is -0.385. The number of nitrogens with one attached hydrogen (secondary N) is 1. The minimum atomic E-state index is -3.93. The molecule has 2 atom stereocenters. The quantitative estimate of drug-likeness (QED) is 0.568. The van der Waals surface area contributed by atoms with Crippen molar-refractivity contribution in [2.75, 3.05) is 31.6 Å². The van der Waals surface area contributed by atoms with Gasteiger partial charge in [-0.15, -0.1) is 0 Å². The molecule has 154 valence electrons. The van der Waals surface area contributed by atoms with Crippen molar-refractivity contribution in [3.05, 3.63) is 64.0 Å². The molecule has 2 fully saturated rings. The van der Waals surface area contributed by atoms with Gasteiger partial charge in [0.05, 0.1) is 23.8 Å². The van der Waals surface area contributed by atoms with Gasteiger partial charge in [-0.3, -0.25) is 10.1 Å². The van der Waals surface area contributed by atoms with Gasteiger partial charge < -0.3 is 10.1 Å². The van der Waals surface area contributed by atoms with E-state index in [0.29, 0.717) is 5.69 Å². The molecule has 2 aliphatic rings. The third kappa shape index (κ3) is 4.09. The number of rotatable bonds is 6. The van der Waals surface area contributed by atoms with Crippen molar-refractivity contribution in [3.8, 4) is 0 Å². The van der Waals surface area contributed by atoms with Crippen LogP contribution in [0.25, 0.3) is 0 Å². The molecule has 1 aliphatic carbocycles. The third-order valence-electron chi connectivity index (χ3n) is 5.17. The van der Waals surface area contributed by atoms with Crippen LogP contribution in [0, 0.1) is 15.9 Å². The first-order valence-electron chi connectivity index (χ1n) is 9.24. The van der Waals surface area contributed by atoms with E-state index in [1.807, 2.05) is 6.07 Å². The summed E-state index contributed by atoms with van der Waals surface area (Å²) >= 11 is 0. The van der Waals surface area contributed by atoms with Gasteiger partial charge in [0, 0.05) is 37.2 Å². The SMILES string of the molecule is O=[N+]([O-])c1ccc(N[C@@H]2C[C@H]2c2cccc(F)c2)c(S(=O)(=O)N2CCOCC2)c1. The van der Waals surface area contributed by atoms with Crippen molar-refractivity contribution in [2.24, 2.45) is 0 Å². The predicted molar refractivity (Wildman–Crippen MR) is 104 cm³/mol. The molecule has 2 aromatic carbocycles. The van der Waals surface area contributed by atoms with E-state index in [-0.39, 0.29) is 54.7 Å². The number of non-ortho nitro benzene ring substituents is 1. The lowest BCUT2D eigenvalue weighted by Gasteiger charge is -2.27. The number of halogens is 1. The van der Waals surface area contributed by atoms with Crippen molar-refractivity contribution in [1.29, 1.82) is 0 Å². The fraction of sp³-hybridized carbons (Fsp3) is 0.368. The Morgan fingerprint density at radius 2 is 1.93 bits per heavy atom. The molecule has 1 heterocycles. The number of anilines is 1. The summed E-state index contributed by atoms with van der Waals surface area (Å²) < 4.78 is 46.2. The number of morpholine rings is 1. The lowest BCUT2D eigenvalue weighted by Crippen LogP contribution is -2.40. The van der Waals surface area contributed by atoms with E-state index in [1.54, 1.807) is 6.07 Å². The van der Waals surface area contributed by atoms with Crippen LogP contribution in [-0.4, -0.2) is 50.0 Å². The first-order chi connectivity index (χ1) is 13.9. The van der Waals surface area contributed by atoms with Crippen molar-refractivity contribution >= 4 is 21.4 Å². The smallest absolute Gasteiger partial charge is 0.270 e. The topological polar surface area (TPSA) is 102 Å². The minimum absolute atomic E-state index is 0.0554. The first kappa shape index (κ1) is 19.7. The number of nitrogens with zero attached hydrogens (tertiary/aromatic N) is 2. The molecule has 0 amide bonds. The molecule has 29 heavy (non-hydrogen) atoms. The summed E-state index contributed by atoms with van der Waals surface area (Å²) in [7, 11) is -3.93. The van der Waals surface area contributed by atoms with E-state index in [0.717, 1.165) is 18.1 Å². The zero-order valence-corrected chi connectivity index (χ0v) is 16.3. The summed E-state index contributed by atoms with van der Waals surface area (Å²) in [4.78, 5) is 10.4. The van der Waals surface area contributed by atoms with Crippen LogP contribution >= 0.6 is 0 Å². The maximum absolute atomic E-state index is 13.5. The highest BCUT2D eigenvalue weighted by atomic mass is 32.2. The zero-order chi connectivity index (χ0) is 20.6. The minimum Gasteiger partial charge on any atom is -0.381 e. The molecule has 0 unspecified atom stereocenters. The molecule has 1 N–H and O–H groups in total. The van der Waals surface area contributed by atoms with Gasteiger partial charge in [0.2, 0.25) is 10.0 Å². The predicted octanol–water partition coefficient (Wildman–Crippen LogP) is 2.72. The molecule has 0 bridgehead atoms. The Hall–Kier alpha value is -2.56. The first-order valence-corrected chi connectivity index (χ1v) is 10.7. The highest BCUT2D eigenvalue weighted by molar-refractivity contribution is 7.89. The zero-order valence-electron chi connectivity index (χ0n) is 15.5. The summed E-state index contributed by atoms with van der Waals surface area (Å²) in [6.07, 6.45) is 0.720. The average Bonchev–Trinajstić information content (AvgIpc) is 3.48. The Kier molecular flexibility index (Phi) is 5.24. The normalized spacial score (nSPS) is 22.2. The Bertz CT molecular complexity index is 1040. The van der Waals surface area contributed by atoms with Crippen LogP contribution in [0.15, 0.2) is 47.4 Å². The van der Waals surface area contributed by atoms with E-state index in [9.17, 15) is 22.9 Å². The molecule has 0 radical (unpaired) electrons. The fourth-order valence-electron chi connectivity index (χ4n) is 3.54. The third-order valence-corrected chi connectivity index (χ3v) is 7.11. The van der Waals surface area contributed by atoms with Gasteiger partial charge in [-0.05, 0) is 30.2 Å². The molecular weight excluding hydrogens is 401 g/mol. The fourth-order valence-corrected chi connectivity index (χ4v) is 5.13. The Morgan fingerprint density at radius 3 is 2.62 bits per heavy atom. The highest BCUT2D eigenvalue weighted by Gasteiger charge is 2.40. The molecule has 1 aliphatic heterocycles. The second-order valence-electron chi connectivity index (χ2n) is 7.10. The number of hydrogen-bond donors (Lipinski definition) is 1. The second-order valence-corrected chi connectivity index (χ2v) is 9.01. The second kappa shape index (κ2) is 7.69. The molecule has 4 rings (SSSR count). The highest BCUT2D eigenvalue weighted by Crippen LogP contribution is 2.44. The lowest BCUT2D eigenvalue weighted by atomic mass is 10.1. The summed E-state index contributed by atoms with van der Waals surface area (Å²) in [5.74, 6) is -0.265. The van der Waals surface area contributed by atoms with Crippen molar-refractivity contribution in [3.63, 3.8) is 0 Å². The van der Waals surface area contributed by atoms with Crippen LogP contribution in [0.4, 0.5) is 15.8 Å². The largest absolute Gasteiger partial charge is 0.381 e. The molecule has 2 aromatic rings. The van der Waals surface area contributed by atoms with Crippen LogP contribution in [0.5, 0.6) is 0 Å². The number of nitro groups is 1. The summed E-state index contributed by atoms with van der Waals surface area (Å²) in [6.45, 7) is 0.946. The number of hydrogen-bond acceptors (Lipinski definition) is 6. The summed E-state index contributed by atoms with van der Waals surface area (Å²) in [5, 5.41) is 14.4. The Balaban J connectivity index is 1.62. The Morgan fingerprint density at radius 1 is 1.17 bits per heavy atom. The standard InChI is InChI=1S/C19H20FN3O5S/c20-14-3-1-2-13(10-14)16-12-18(16)21-17-5-4-15(23(24)25)11-19(17)29(26,27)22-6-8-28-9-7-22/h1-5,10-11,16,18,21H,6-9,12H2/t16-,18+/m0/s1. The Labute approximate surface area is 167 Å². The van der Waals surface area contributed by atoms with Gasteiger partial charge in [0.1, 0.15) is 10.7 Å². The molecule has 1 saturated heterocycles. The van der Waals surface area contributed by atoms with Crippen LogP contribution < -0.4 is 5.32 Å². The number of sulfonamides is 1. The van der Waals surface area contributed by atoms with Crippen LogP contribution in [-0.2, 0) is 14.8 Å².